The molecule has 0 aromatic heterocycles. The Labute approximate surface area is 231 Å². The van der Waals surface area contributed by atoms with Crippen molar-refractivity contribution in [2.24, 2.45) is 0 Å². The van der Waals surface area contributed by atoms with Crippen LogP contribution in [0, 0.1) is 0 Å². The molecule has 0 aliphatic heterocycles. The SMILES string of the molecule is CCCC[C@@H](C)OC(=O)c1ccc(OC(=O)c2ccc(-c3ccc(C(=O)O[C@H](C)CCCC)cc3)cc2)cc1. The Kier molecular flexibility index (Phi) is 11.3. The molecule has 3 aromatic rings. The first kappa shape index (κ1) is 29.6. The summed E-state index contributed by atoms with van der Waals surface area (Å²) in [6.07, 6.45) is 5.58. The van der Waals surface area contributed by atoms with Crippen LogP contribution in [-0.4, -0.2) is 30.1 Å². The van der Waals surface area contributed by atoms with E-state index in [1.54, 1.807) is 48.5 Å². The lowest BCUT2D eigenvalue weighted by molar-refractivity contribution is 0.0310. The summed E-state index contributed by atoms with van der Waals surface area (Å²) in [5.41, 5.74) is 3.13. The minimum atomic E-state index is -0.500. The number of unbranched alkanes of at least 4 members (excludes halogenated alkanes) is 2. The van der Waals surface area contributed by atoms with E-state index in [2.05, 4.69) is 13.8 Å². The Hall–Kier alpha value is -3.93. The summed E-state index contributed by atoms with van der Waals surface area (Å²) in [5.74, 6) is -0.875. The topological polar surface area (TPSA) is 78.9 Å². The maximum absolute atomic E-state index is 12.6. The van der Waals surface area contributed by atoms with Gasteiger partial charge in [-0.15, -0.1) is 0 Å². The molecule has 39 heavy (non-hydrogen) atoms. The third kappa shape index (κ3) is 9.10. The predicted molar refractivity (Wildman–Crippen MR) is 152 cm³/mol. The molecule has 0 unspecified atom stereocenters. The Balaban J connectivity index is 1.55. The molecule has 0 saturated carbocycles. The standard InChI is InChI=1S/C33H38O6/c1-5-7-9-23(3)37-31(34)27-15-11-25(12-16-27)26-13-17-28(18-14-26)33(36)39-30-21-19-29(20-22-30)32(35)38-24(4)10-8-6-2/h11-24H,5-10H2,1-4H3/t23-,24-/m1/s1. The lowest BCUT2D eigenvalue weighted by Gasteiger charge is -2.13. The van der Waals surface area contributed by atoms with Crippen LogP contribution in [-0.2, 0) is 9.47 Å². The van der Waals surface area contributed by atoms with E-state index in [1.165, 1.54) is 0 Å². The summed E-state index contributed by atoms with van der Waals surface area (Å²) in [7, 11) is 0. The van der Waals surface area contributed by atoms with E-state index in [1.807, 2.05) is 38.1 Å². The first-order valence-corrected chi connectivity index (χ1v) is 13.7. The van der Waals surface area contributed by atoms with E-state index in [0.29, 0.717) is 22.4 Å². The van der Waals surface area contributed by atoms with Gasteiger partial charge in [0.2, 0.25) is 0 Å². The van der Waals surface area contributed by atoms with Crippen LogP contribution in [0.5, 0.6) is 5.75 Å². The highest BCUT2D eigenvalue weighted by atomic mass is 16.5. The number of hydrogen-bond donors (Lipinski definition) is 0. The molecular formula is C33H38O6. The Morgan fingerprint density at radius 3 is 1.31 bits per heavy atom. The molecule has 3 rings (SSSR count). The molecule has 6 heteroatoms. The molecular weight excluding hydrogens is 492 g/mol. The van der Waals surface area contributed by atoms with Gasteiger partial charge in [-0.1, -0.05) is 63.8 Å². The van der Waals surface area contributed by atoms with Crippen molar-refractivity contribution >= 4 is 17.9 Å². The minimum Gasteiger partial charge on any atom is -0.459 e. The molecule has 2 atom stereocenters. The van der Waals surface area contributed by atoms with Crippen LogP contribution in [0.4, 0.5) is 0 Å². The molecule has 0 radical (unpaired) electrons. The van der Waals surface area contributed by atoms with Gasteiger partial charge in [-0.05, 0) is 86.3 Å². The quantitative estimate of drug-likeness (QED) is 0.164. The Morgan fingerprint density at radius 2 is 0.923 bits per heavy atom. The van der Waals surface area contributed by atoms with E-state index >= 15 is 0 Å². The highest BCUT2D eigenvalue weighted by Crippen LogP contribution is 2.22. The van der Waals surface area contributed by atoms with Crippen LogP contribution in [0.25, 0.3) is 11.1 Å². The van der Waals surface area contributed by atoms with Crippen LogP contribution < -0.4 is 4.74 Å². The van der Waals surface area contributed by atoms with Crippen molar-refractivity contribution in [3.8, 4) is 16.9 Å². The van der Waals surface area contributed by atoms with Crippen molar-refractivity contribution in [3.05, 3.63) is 89.5 Å². The number of benzene rings is 3. The van der Waals surface area contributed by atoms with Crippen molar-refractivity contribution in [3.63, 3.8) is 0 Å². The van der Waals surface area contributed by atoms with Crippen LogP contribution in [0.3, 0.4) is 0 Å². The molecule has 3 aromatic carbocycles. The van der Waals surface area contributed by atoms with Gasteiger partial charge in [-0.2, -0.15) is 0 Å². The molecule has 0 amide bonds. The van der Waals surface area contributed by atoms with Gasteiger partial charge < -0.3 is 14.2 Å². The zero-order valence-electron chi connectivity index (χ0n) is 23.3. The van der Waals surface area contributed by atoms with Crippen molar-refractivity contribution in [1.82, 2.24) is 0 Å². The number of carbonyl (C=O) groups is 3. The van der Waals surface area contributed by atoms with Crippen LogP contribution in [0.2, 0.25) is 0 Å². The highest BCUT2D eigenvalue weighted by molar-refractivity contribution is 5.93. The van der Waals surface area contributed by atoms with Crippen molar-refractivity contribution in [2.75, 3.05) is 0 Å². The van der Waals surface area contributed by atoms with E-state index in [-0.39, 0.29) is 18.2 Å². The van der Waals surface area contributed by atoms with Crippen LogP contribution in [0.1, 0.15) is 97.3 Å². The molecule has 0 saturated heterocycles. The number of rotatable bonds is 13. The van der Waals surface area contributed by atoms with Gasteiger partial charge in [-0.3, -0.25) is 0 Å². The van der Waals surface area contributed by atoms with Gasteiger partial charge in [0.25, 0.3) is 0 Å². The smallest absolute Gasteiger partial charge is 0.343 e. The third-order valence-corrected chi connectivity index (χ3v) is 6.42. The predicted octanol–water partition coefficient (Wildman–Crippen LogP) is 8.04. The van der Waals surface area contributed by atoms with Crippen LogP contribution in [0.15, 0.2) is 72.8 Å². The molecule has 6 nitrogen and oxygen atoms in total. The fourth-order valence-corrected chi connectivity index (χ4v) is 4.03. The molecule has 0 bridgehead atoms. The van der Waals surface area contributed by atoms with E-state index in [4.69, 9.17) is 14.2 Å². The third-order valence-electron chi connectivity index (χ3n) is 6.42. The summed E-state index contributed by atoms with van der Waals surface area (Å²) in [4.78, 5) is 37.3. The largest absolute Gasteiger partial charge is 0.459 e. The first-order chi connectivity index (χ1) is 18.8. The van der Waals surface area contributed by atoms with Gasteiger partial charge >= 0.3 is 17.9 Å². The Morgan fingerprint density at radius 1 is 0.564 bits per heavy atom. The second kappa shape index (κ2) is 14.9. The maximum Gasteiger partial charge on any atom is 0.343 e. The second-order valence-corrected chi connectivity index (χ2v) is 9.78. The summed E-state index contributed by atoms with van der Waals surface area (Å²) in [6.45, 7) is 8.00. The summed E-state index contributed by atoms with van der Waals surface area (Å²) >= 11 is 0. The van der Waals surface area contributed by atoms with E-state index < -0.39 is 11.9 Å². The zero-order valence-corrected chi connectivity index (χ0v) is 23.3. The average Bonchev–Trinajstić information content (AvgIpc) is 2.95. The molecule has 0 aliphatic carbocycles. The van der Waals surface area contributed by atoms with Crippen molar-refractivity contribution < 1.29 is 28.6 Å². The normalized spacial score (nSPS) is 12.3. The fourth-order valence-electron chi connectivity index (χ4n) is 4.03. The average molecular weight is 531 g/mol. The summed E-state index contributed by atoms with van der Waals surface area (Å²) < 4.78 is 16.4. The maximum atomic E-state index is 12.6. The second-order valence-electron chi connectivity index (χ2n) is 9.78. The number of hydrogen-bond acceptors (Lipinski definition) is 6. The van der Waals surface area contributed by atoms with Crippen molar-refractivity contribution in [2.45, 2.75) is 78.4 Å². The van der Waals surface area contributed by atoms with Gasteiger partial charge in [-0.25, -0.2) is 14.4 Å². The highest BCUT2D eigenvalue weighted by Gasteiger charge is 2.15. The lowest BCUT2D eigenvalue weighted by Crippen LogP contribution is -2.15. The molecule has 0 N–H and O–H groups in total. The number of carbonyl (C=O) groups excluding carboxylic acids is 3. The van der Waals surface area contributed by atoms with Crippen molar-refractivity contribution in [1.29, 1.82) is 0 Å². The lowest BCUT2D eigenvalue weighted by atomic mass is 10.0. The Bertz CT molecular complexity index is 1210. The molecule has 0 spiro atoms. The number of ether oxygens (including phenoxy) is 3. The zero-order chi connectivity index (χ0) is 28.2. The fraction of sp³-hybridized carbons (Fsp3) is 0.364. The molecule has 206 valence electrons. The molecule has 0 aliphatic rings. The van der Waals surface area contributed by atoms with Gasteiger partial charge in [0, 0.05) is 0 Å². The van der Waals surface area contributed by atoms with Gasteiger partial charge in [0.15, 0.2) is 0 Å². The van der Waals surface area contributed by atoms with E-state index in [0.717, 1.165) is 49.7 Å². The molecule has 0 heterocycles. The minimum absolute atomic E-state index is 0.108. The molecule has 0 fully saturated rings. The van der Waals surface area contributed by atoms with Gasteiger partial charge in [0.1, 0.15) is 5.75 Å². The number of esters is 3. The van der Waals surface area contributed by atoms with Gasteiger partial charge in [0.05, 0.1) is 28.9 Å². The summed E-state index contributed by atoms with van der Waals surface area (Å²) in [6, 6.07) is 20.6. The van der Waals surface area contributed by atoms with E-state index in [9.17, 15) is 14.4 Å². The monoisotopic (exact) mass is 530 g/mol. The van der Waals surface area contributed by atoms with Crippen LogP contribution >= 0.6 is 0 Å². The first-order valence-electron chi connectivity index (χ1n) is 13.7. The summed E-state index contributed by atoms with van der Waals surface area (Å²) in [5, 5.41) is 0.